The van der Waals surface area contributed by atoms with E-state index in [4.69, 9.17) is 15.3 Å². The minimum Gasteiger partial charge on any atom is -0.496 e. The highest BCUT2D eigenvalue weighted by atomic mass is 16.5. The highest BCUT2D eigenvalue weighted by molar-refractivity contribution is 5.47. The van der Waals surface area contributed by atoms with Crippen LogP contribution in [0.3, 0.4) is 0 Å². The van der Waals surface area contributed by atoms with Crippen LogP contribution in [-0.4, -0.2) is 19.8 Å². The smallest absolute Gasteiger partial charge is 0.126 e. The lowest BCUT2D eigenvalue weighted by molar-refractivity contribution is -0.0374. The molecule has 3 N–H and O–H groups in total. The molecule has 1 aromatic rings. The summed E-state index contributed by atoms with van der Waals surface area (Å²) in [5.74, 6) is 6.78. The lowest BCUT2D eigenvalue weighted by atomic mass is 9.85. The second-order valence-corrected chi connectivity index (χ2v) is 5.71. The Morgan fingerprint density at radius 2 is 1.85 bits per heavy atom. The Bertz CT molecular complexity index is 468. The van der Waals surface area contributed by atoms with E-state index in [1.807, 2.05) is 0 Å². The number of benzene rings is 1. The van der Waals surface area contributed by atoms with Crippen molar-refractivity contribution in [1.82, 2.24) is 5.43 Å². The molecule has 0 radical (unpaired) electrons. The zero-order valence-corrected chi connectivity index (χ0v) is 13.0. The Kier molecular flexibility index (Phi) is 4.68. The molecule has 0 amide bonds. The van der Waals surface area contributed by atoms with Crippen molar-refractivity contribution in [3.63, 3.8) is 0 Å². The van der Waals surface area contributed by atoms with Crippen molar-refractivity contribution in [2.75, 3.05) is 14.2 Å². The Hall–Kier alpha value is -1.10. The fraction of sp³-hybridized carbons (Fsp3) is 0.625. The molecule has 20 heavy (non-hydrogen) atoms. The predicted octanol–water partition coefficient (Wildman–Crippen LogP) is 2.78. The van der Waals surface area contributed by atoms with Crippen molar-refractivity contribution in [2.24, 2.45) is 5.84 Å². The second kappa shape index (κ2) is 6.12. The van der Waals surface area contributed by atoms with Crippen molar-refractivity contribution in [3.8, 4) is 5.75 Å². The summed E-state index contributed by atoms with van der Waals surface area (Å²) < 4.78 is 11.5. The molecule has 0 heterocycles. The summed E-state index contributed by atoms with van der Waals surface area (Å²) in [7, 11) is 3.50. The van der Waals surface area contributed by atoms with Gasteiger partial charge < -0.3 is 9.47 Å². The lowest BCUT2D eigenvalue weighted by Crippen LogP contribution is -2.46. The van der Waals surface area contributed by atoms with Crippen LogP contribution < -0.4 is 16.0 Å². The monoisotopic (exact) mass is 278 g/mol. The molecule has 1 fully saturated rings. The van der Waals surface area contributed by atoms with Gasteiger partial charge in [0.15, 0.2) is 0 Å². The average molecular weight is 278 g/mol. The number of nitrogens with one attached hydrogen (secondary N) is 1. The molecule has 112 valence electrons. The van der Waals surface area contributed by atoms with Crippen LogP contribution in [0.2, 0.25) is 0 Å². The van der Waals surface area contributed by atoms with Crippen LogP contribution in [0.25, 0.3) is 0 Å². The van der Waals surface area contributed by atoms with Crippen LogP contribution in [0.1, 0.15) is 48.4 Å². The molecular formula is C16H26N2O2. The summed E-state index contributed by atoms with van der Waals surface area (Å²) in [5.41, 5.74) is 6.20. The normalized spacial score (nSPS) is 19.1. The molecule has 1 aliphatic rings. The van der Waals surface area contributed by atoms with E-state index in [2.05, 4.69) is 31.4 Å². The molecule has 4 heteroatoms. The molecule has 1 aromatic carbocycles. The first kappa shape index (κ1) is 15.3. The van der Waals surface area contributed by atoms with Crippen LogP contribution in [-0.2, 0) is 4.74 Å². The number of methoxy groups -OCH3 is 2. The number of hydrazine groups is 1. The van der Waals surface area contributed by atoms with Gasteiger partial charge in [-0.1, -0.05) is 25.0 Å². The quantitative estimate of drug-likeness (QED) is 0.642. The van der Waals surface area contributed by atoms with Gasteiger partial charge in [0.1, 0.15) is 5.75 Å². The van der Waals surface area contributed by atoms with Crippen molar-refractivity contribution >= 4 is 0 Å². The standard InChI is InChI=1S/C16H26N2O2/c1-11-7-8-13(14(19-3)12(11)2)15(18-17)16(20-4)9-5-6-10-16/h7-8,15,18H,5-6,9-10,17H2,1-4H3. The molecule has 4 nitrogen and oxygen atoms in total. The summed E-state index contributed by atoms with van der Waals surface area (Å²) in [6.45, 7) is 4.17. The van der Waals surface area contributed by atoms with Crippen molar-refractivity contribution in [1.29, 1.82) is 0 Å². The molecule has 1 saturated carbocycles. The molecule has 0 saturated heterocycles. The predicted molar refractivity (Wildman–Crippen MR) is 80.7 cm³/mol. The fourth-order valence-electron chi connectivity index (χ4n) is 3.42. The van der Waals surface area contributed by atoms with Gasteiger partial charge in [0.05, 0.1) is 18.8 Å². The van der Waals surface area contributed by atoms with Crippen LogP contribution >= 0.6 is 0 Å². The molecule has 0 spiro atoms. The number of hydrogen-bond donors (Lipinski definition) is 2. The van der Waals surface area contributed by atoms with Crippen molar-refractivity contribution in [2.45, 2.75) is 51.2 Å². The summed E-state index contributed by atoms with van der Waals surface area (Å²) in [6, 6.07) is 4.17. The average Bonchev–Trinajstić information content (AvgIpc) is 2.94. The zero-order chi connectivity index (χ0) is 14.8. The number of aryl methyl sites for hydroxylation is 1. The van der Waals surface area contributed by atoms with E-state index in [1.54, 1.807) is 14.2 Å². The maximum Gasteiger partial charge on any atom is 0.126 e. The van der Waals surface area contributed by atoms with Crippen LogP contribution in [0.15, 0.2) is 12.1 Å². The third-order valence-corrected chi connectivity index (χ3v) is 4.77. The van der Waals surface area contributed by atoms with E-state index >= 15 is 0 Å². The van der Waals surface area contributed by atoms with Gasteiger partial charge in [-0.05, 0) is 37.8 Å². The molecular weight excluding hydrogens is 252 g/mol. The third kappa shape index (κ3) is 2.43. The summed E-state index contributed by atoms with van der Waals surface area (Å²) in [6.07, 6.45) is 4.40. The Morgan fingerprint density at radius 3 is 2.35 bits per heavy atom. The molecule has 1 aliphatic carbocycles. The summed E-state index contributed by atoms with van der Waals surface area (Å²) in [4.78, 5) is 0. The fourth-order valence-corrected chi connectivity index (χ4v) is 3.42. The SMILES string of the molecule is COc1c(C(NN)C2(OC)CCCC2)ccc(C)c1C. The highest BCUT2D eigenvalue weighted by Gasteiger charge is 2.43. The van der Waals surface area contributed by atoms with E-state index in [1.165, 1.54) is 18.4 Å². The van der Waals surface area contributed by atoms with Gasteiger partial charge >= 0.3 is 0 Å². The van der Waals surface area contributed by atoms with Gasteiger partial charge in [-0.15, -0.1) is 0 Å². The number of nitrogens with two attached hydrogens (primary N) is 1. The van der Waals surface area contributed by atoms with Gasteiger partial charge in [0.25, 0.3) is 0 Å². The maximum atomic E-state index is 5.88. The Morgan fingerprint density at radius 1 is 1.20 bits per heavy atom. The molecule has 1 atom stereocenters. The zero-order valence-electron chi connectivity index (χ0n) is 13.0. The number of hydrogen-bond acceptors (Lipinski definition) is 4. The van der Waals surface area contributed by atoms with Crippen molar-refractivity contribution in [3.05, 3.63) is 28.8 Å². The first-order valence-corrected chi connectivity index (χ1v) is 7.25. The van der Waals surface area contributed by atoms with E-state index in [0.717, 1.165) is 29.7 Å². The first-order valence-electron chi connectivity index (χ1n) is 7.25. The topological polar surface area (TPSA) is 56.5 Å². The van der Waals surface area contributed by atoms with E-state index in [0.29, 0.717) is 0 Å². The molecule has 0 aliphatic heterocycles. The minimum atomic E-state index is -0.232. The van der Waals surface area contributed by atoms with Crippen molar-refractivity contribution < 1.29 is 9.47 Å². The van der Waals surface area contributed by atoms with Crippen LogP contribution in [0, 0.1) is 13.8 Å². The summed E-state index contributed by atoms with van der Waals surface area (Å²) >= 11 is 0. The molecule has 0 bridgehead atoms. The summed E-state index contributed by atoms with van der Waals surface area (Å²) in [5, 5.41) is 0. The largest absolute Gasteiger partial charge is 0.496 e. The maximum absolute atomic E-state index is 5.88. The Balaban J connectivity index is 2.49. The van der Waals surface area contributed by atoms with Gasteiger partial charge in [-0.25, -0.2) is 5.43 Å². The highest BCUT2D eigenvalue weighted by Crippen LogP contribution is 2.45. The minimum absolute atomic E-state index is 0.0516. The number of rotatable bonds is 5. The lowest BCUT2D eigenvalue weighted by Gasteiger charge is -2.37. The van der Waals surface area contributed by atoms with Gasteiger partial charge in [-0.3, -0.25) is 5.84 Å². The van der Waals surface area contributed by atoms with Gasteiger partial charge in [0, 0.05) is 12.7 Å². The van der Waals surface area contributed by atoms with E-state index < -0.39 is 0 Å². The van der Waals surface area contributed by atoms with E-state index in [9.17, 15) is 0 Å². The molecule has 1 unspecified atom stereocenters. The van der Waals surface area contributed by atoms with Crippen LogP contribution in [0.5, 0.6) is 5.75 Å². The Labute approximate surface area is 121 Å². The second-order valence-electron chi connectivity index (χ2n) is 5.71. The molecule has 2 rings (SSSR count). The van der Waals surface area contributed by atoms with Gasteiger partial charge in [0.2, 0.25) is 0 Å². The van der Waals surface area contributed by atoms with Crippen LogP contribution in [0.4, 0.5) is 0 Å². The number of ether oxygens (including phenoxy) is 2. The first-order chi connectivity index (χ1) is 9.59. The molecule has 0 aromatic heterocycles. The third-order valence-electron chi connectivity index (χ3n) is 4.77. The van der Waals surface area contributed by atoms with E-state index in [-0.39, 0.29) is 11.6 Å². The van der Waals surface area contributed by atoms with Gasteiger partial charge in [-0.2, -0.15) is 0 Å².